The summed E-state index contributed by atoms with van der Waals surface area (Å²) in [6, 6.07) is 18.0. The van der Waals surface area contributed by atoms with Gasteiger partial charge in [-0.1, -0.05) is 18.2 Å². The highest BCUT2D eigenvalue weighted by atomic mass is 16.7. The van der Waals surface area contributed by atoms with Crippen molar-refractivity contribution >= 4 is 0 Å². The number of ether oxygens (including phenoxy) is 5. The smallest absolute Gasteiger partial charge is 0.305 e. The van der Waals surface area contributed by atoms with Gasteiger partial charge in [-0.3, -0.25) is 0 Å². The normalized spacial score (nSPS) is 25.1. The van der Waals surface area contributed by atoms with E-state index in [1.807, 2.05) is 0 Å². The highest BCUT2D eigenvalue weighted by Gasteiger charge is 2.63. The molecular weight excluding hydrogens is 1100 g/mol. The van der Waals surface area contributed by atoms with Crippen molar-refractivity contribution < 1.29 is 121 Å². The van der Waals surface area contributed by atoms with Gasteiger partial charge in [0.1, 0.15) is 93.4 Å². The summed E-state index contributed by atoms with van der Waals surface area (Å²) in [5.41, 5.74) is -3.38. The first kappa shape index (κ1) is 52.9. The topological polar surface area (TPSA) is 431 Å². The molecule has 24 heteroatoms. The van der Waals surface area contributed by atoms with Crippen molar-refractivity contribution in [2.75, 3.05) is 0 Å². The van der Waals surface area contributed by atoms with Crippen LogP contribution in [-0.4, -0.2) is 121 Å². The Kier molecular flexibility index (Phi) is 11.7. The van der Waals surface area contributed by atoms with Crippen LogP contribution in [0.2, 0.25) is 0 Å². The lowest BCUT2D eigenvalue weighted by atomic mass is 9.68. The molecule has 432 valence electrons. The maximum absolute atomic E-state index is 13.9. The van der Waals surface area contributed by atoms with Crippen LogP contribution in [0.4, 0.5) is 0 Å². The van der Waals surface area contributed by atoms with Crippen LogP contribution in [-0.2, 0) is 12.2 Å². The van der Waals surface area contributed by atoms with E-state index in [1.165, 1.54) is 24.3 Å². The van der Waals surface area contributed by atoms with E-state index < -0.39 is 210 Å². The first-order valence-corrected chi connectivity index (χ1v) is 25.8. The highest BCUT2D eigenvalue weighted by Crippen LogP contribution is 2.69. The van der Waals surface area contributed by atoms with Gasteiger partial charge in [0.05, 0.1) is 23.9 Å². The molecule has 8 aromatic carbocycles. The predicted octanol–water partition coefficient (Wildman–Crippen LogP) is 5.69. The zero-order valence-electron chi connectivity index (χ0n) is 42.8. The zero-order valence-corrected chi connectivity index (χ0v) is 42.8. The van der Waals surface area contributed by atoms with Crippen LogP contribution in [0.5, 0.6) is 115 Å². The van der Waals surface area contributed by atoms with Crippen LogP contribution in [0, 0.1) is 0 Å². The zero-order chi connectivity index (χ0) is 59.4. The molecule has 0 amide bonds. The van der Waals surface area contributed by atoms with E-state index in [-0.39, 0.29) is 39.1 Å². The van der Waals surface area contributed by atoms with E-state index in [0.717, 1.165) is 78.9 Å². The molecule has 0 unspecified atom stereocenters. The van der Waals surface area contributed by atoms with Gasteiger partial charge in [0.15, 0.2) is 58.2 Å². The Morgan fingerprint density at radius 3 is 1.37 bits per heavy atom. The maximum atomic E-state index is 13.9. The summed E-state index contributed by atoms with van der Waals surface area (Å²) in [4.78, 5) is 0. The van der Waals surface area contributed by atoms with Gasteiger partial charge in [0.25, 0.3) is 0 Å². The van der Waals surface area contributed by atoms with Crippen molar-refractivity contribution in [3.8, 4) is 115 Å². The standard InChI is InChI=1S/C60H48O24/c61-23-13-35(72)41-39(15-23)80-54(20-2-6-27(64)32(69)10-20)51(77)44(41)48-50(76)47-45(43-37(74)18-30(67)25-17-38(75)53(81-56(25)43)19-1-5-26(63)31(68)9-19)52(78)55(21-3-7-28(65)33(70)11-21)82-57(47)49-46-42-36(73)14-24(62)16-40(42)83-60(59(46)79,84-58(48)49)22-4-8-29(66)34(71)12-22/h1-16,18,38,44-46,51-55,59,61-79H,17H2/t38-,44-,45-,46-,51-,52-,53-,54-,55-,59-,60+/m1/s1. The van der Waals surface area contributed by atoms with E-state index in [2.05, 4.69) is 0 Å². The molecule has 8 aromatic rings. The molecule has 5 heterocycles. The fourth-order valence-corrected chi connectivity index (χ4v) is 12.6. The number of hydrogen-bond acceptors (Lipinski definition) is 24. The molecule has 0 saturated heterocycles. The highest BCUT2D eigenvalue weighted by molar-refractivity contribution is 5.77. The van der Waals surface area contributed by atoms with Crippen LogP contribution in [0.3, 0.4) is 0 Å². The van der Waals surface area contributed by atoms with Gasteiger partial charge in [-0.2, -0.15) is 0 Å². The first-order valence-electron chi connectivity index (χ1n) is 25.8. The van der Waals surface area contributed by atoms with Crippen LogP contribution >= 0.6 is 0 Å². The fourth-order valence-electron chi connectivity index (χ4n) is 12.6. The minimum atomic E-state index is -2.72. The minimum Gasteiger partial charge on any atom is -0.508 e. The van der Waals surface area contributed by atoms with Crippen LogP contribution in [0.25, 0.3) is 0 Å². The second-order valence-corrected chi connectivity index (χ2v) is 21.2. The van der Waals surface area contributed by atoms with E-state index in [0.29, 0.717) is 0 Å². The summed E-state index contributed by atoms with van der Waals surface area (Å²) < 4.78 is 33.2. The number of aliphatic hydroxyl groups is 4. The summed E-state index contributed by atoms with van der Waals surface area (Å²) in [6.45, 7) is 0. The number of phenols is 15. The van der Waals surface area contributed by atoms with Crippen molar-refractivity contribution in [3.05, 3.63) is 164 Å². The molecule has 2 bridgehead atoms. The van der Waals surface area contributed by atoms with Crippen LogP contribution in [0.1, 0.15) is 97.3 Å². The van der Waals surface area contributed by atoms with Gasteiger partial charge in [-0.25, -0.2) is 0 Å². The molecule has 24 nitrogen and oxygen atoms in total. The predicted molar refractivity (Wildman–Crippen MR) is 283 cm³/mol. The fraction of sp³-hybridized carbons (Fsp3) is 0.200. The summed E-state index contributed by atoms with van der Waals surface area (Å²) in [6.07, 6.45) is -13.5. The van der Waals surface area contributed by atoms with Gasteiger partial charge in [-0.05, 0) is 71.3 Å². The Bertz CT molecular complexity index is 4110. The molecule has 0 spiro atoms. The quantitative estimate of drug-likeness (QED) is 0.0889. The van der Waals surface area contributed by atoms with Crippen LogP contribution in [0.15, 0.2) is 103 Å². The van der Waals surface area contributed by atoms with Crippen molar-refractivity contribution in [1.29, 1.82) is 0 Å². The number of fused-ring (bicyclic) bond motifs is 10. The third kappa shape index (κ3) is 7.68. The molecular formula is C60H48O24. The van der Waals surface area contributed by atoms with E-state index in [4.69, 9.17) is 23.7 Å². The van der Waals surface area contributed by atoms with E-state index in [9.17, 15) is 97.0 Å². The number of hydrogen-bond donors (Lipinski definition) is 19. The van der Waals surface area contributed by atoms with E-state index >= 15 is 0 Å². The summed E-state index contributed by atoms with van der Waals surface area (Å²) in [5, 5.41) is 220. The second kappa shape index (κ2) is 18.6. The van der Waals surface area contributed by atoms with E-state index in [1.54, 1.807) is 0 Å². The Hall–Kier alpha value is -10.4. The van der Waals surface area contributed by atoms with Crippen LogP contribution < -0.4 is 23.7 Å². The molecule has 0 saturated carbocycles. The maximum Gasteiger partial charge on any atom is 0.305 e. The molecule has 19 N–H and O–H groups in total. The second-order valence-electron chi connectivity index (χ2n) is 21.2. The summed E-state index contributed by atoms with van der Waals surface area (Å²) in [5.74, 6) is -21.5. The third-order valence-corrected chi connectivity index (χ3v) is 16.3. The number of benzene rings is 8. The molecule has 13 rings (SSSR count). The SMILES string of the molecule is Oc1cc(O)c2c(c1)O[C@H](c1ccc(O)c(O)c1)[C@H](O)[C@H]2c1c(O)c2c(c3c1O[C@]1(c4ccc(O)c(O)c4)Oc4cc(O)cc(O)c4[C@H]3[C@H]1O)O[C@H](c1ccc(O)c(O)c1)[C@H](O)[C@@H]2c1c(O)cc(O)c2c1O[C@H](c1ccc(O)c(O)c1)[C@H](O)C2. The molecule has 0 radical (unpaired) electrons. The van der Waals surface area contributed by atoms with Crippen molar-refractivity contribution in [1.82, 2.24) is 0 Å². The monoisotopic (exact) mass is 1150 g/mol. The average Bonchev–Trinajstić information content (AvgIpc) is 1.02. The number of phenolic OH excluding ortho intramolecular Hbond substituents is 15. The lowest BCUT2D eigenvalue weighted by Gasteiger charge is -2.52. The molecule has 0 fully saturated rings. The molecule has 5 aliphatic heterocycles. The van der Waals surface area contributed by atoms with Crippen molar-refractivity contribution in [2.45, 2.75) is 72.7 Å². The van der Waals surface area contributed by atoms with Crippen molar-refractivity contribution in [2.24, 2.45) is 0 Å². The Labute approximate surface area is 471 Å². The largest absolute Gasteiger partial charge is 0.508 e. The van der Waals surface area contributed by atoms with Crippen molar-refractivity contribution in [3.63, 3.8) is 0 Å². The molecule has 0 aromatic heterocycles. The van der Waals surface area contributed by atoms with Gasteiger partial charge in [-0.15, -0.1) is 0 Å². The molecule has 84 heavy (non-hydrogen) atoms. The lowest BCUT2D eigenvalue weighted by Crippen LogP contribution is -2.58. The summed E-state index contributed by atoms with van der Waals surface area (Å²) in [7, 11) is 0. The van der Waals surface area contributed by atoms with Gasteiger partial charge >= 0.3 is 5.79 Å². The Balaban J connectivity index is 1.18. The van der Waals surface area contributed by atoms with Gasteiger partial charge in [0, 0.05) is 81.3 Å². The lowest BCUT2D eigenvalue weighted by molar-refractivity contribution is -0.219. The number of aliphatic hydroxyl groups excluding tert-OH is 4. The number of aromatic hydroxyl groups is 15. The Morgan fingerprint density at radius 1 is 0.345 bits per heavy atom. The summed E-state index contributed by atoms with van der Waals surface area (Å²) >= 11 is 0. The van der Waals surface area contributed by atoms with Gasteiger partial charge < -0.3 is 121 Å². The Morgan fingerprint density at radius 2 is 0.810 bits per heavy atom. The first-order chi connectivity index (χ1) is 40.0. The van der Waals surface area contributed by atoms with Gasteiger partial charge in [0.2, 0.25) is 0 Å². The molecule has 0 aliphatic carbocycles. The molecule has 5 aliphatic rings. The molecule has 11 atom stereocenters. The third-order valence-electron chi connectivity index (χ3n) is 16.3. The number of rotatable bonds is 6. The minimum absolute atomic E-state index is 0.0527. The average molecular weight is 1150 g/mol.